The number of carbonyl (C=O) groups excluding carboxylic acids is 1. The fourth-order valence-electron chi connectivity index (χ4n) is 1.35. The zero-order chi connectivity index (χ0) is 11.7. The summed E-state index contributed by atoms with van der Waals surface area (Å²) in [5.74, 6) is -0.212. The predicted octanol–water partition coefficient (Wildman–Crippen LogP) is 3.20. The minimum atomic E-state index is -0.287. The molecule has 0 spiro atoms. The monoisotopic (exact) mass is 213 g/mol. The van der Waals surface area contributed by atoms with E-state index in [1.807, 2.05) is 20.8 Å². The first-order valence-electron chi connectivity index (χ1n) is 5.43. The lowest BCUT2D eigenvalue weighted by atomic mass is 10.1. The van der Waals surface area contributed by atoms with E-state index in [-0.39, 0.29) is 18.1 Å². The Morgan fingerprint density at radius 1 is 1.40 bits per heavy atom. The van der Waals surface area contributed by atoms with E-state index in [9.17, 15) is 4.79 Å². The molecule has 0 bridgehead atoms. The summed E-state index contributed by atoms with van der Waals surface area (Å²) in [6.45, 7) is 5.75. The van der Waals surface area contributed by atoms with Gasteiger partial charge in [-0.05, 0) is 24.8 Å². The Balaban J connectivity index is 4.32. The maximum atomic E-state index is 11.3. The molecule has 0 saturated carbocycles. The first-order valence-corrected chi connectivity index (χ1v) is 5.43. The highest BCUT2D eigenvalue weighted by molar-refractivity contribution is 5.69. The molecule has 0 N–H and O–H groups in total. The number of hydrogen-bond acceptors (Lipinski definition) is 3. The third-order valence-electron chi connectivity index (χ3n) is 2.19. The first kappa shape index (κ1) is 13.8. The number of hydrogen-bond donors (Lipinski definition) is 0. The van der Waals surface area contributed by atoms with Crippen molar-refractivity contribution >= 4 is 5.97 Å². The van der Waals surface area contributed by atoms with Gasteiger partial charge in [0.25, 0.3) is 0 Å². The van der Waals surface area contributed by atoms with E-state index in [4.69, 9.17) is 10.3 Å². The Kier molecular flexibility index (Phi) is 7.46. The number of ether oxygens (including phenoxy) is 1. The molecule has 15 heavy (non-hydrogen) atoms. The van der Waals surface area contributed by atoms with Crippen molar-refractivity contribution in [3.05, 3.63) is 10.4 Å². The Labute approximate surface area is 90.4 Å². The molecule has 0 aromatic heterocycles. The van der Waals surface area contributed by atoms with Gasteiger partial charge in [0.1, 0.15) is 6.10 Å². The molecule has 0 fully saturated rings. The molecule has 0 saturated heterocycles. The second-order valence-electron chi connectivity index (χ2n) is 3.37. The number of nitrogens with zero attached hydrogens (tertiary/aromatic N) is 3. The van der Waals surface area contributed by atoms with E-state index in [0.717, 1.165) is 6.42 Å². The van der Waals surface area contributed by atoms with Crippen molar-refractivity contribution in [1.82, 2.24) is 0 Å². The van der Waals surface area contributed by atoms with E-state index in [2.05, 4.69) is 10.0 Å². The zero-order valence-corrected chi connectivity index (χ0v) is 9.64. The largest absolute Gasteiger partial charge is 0.462 e. The van der Waals surface area contributed by atoms with Crippen LogP contribution in [0.1, 0.15) is 46.5 Å². The fraction of sp³-hybridized carbons (Fsp3) is 0.900. The zero-order valence-electron chi connectivity index (χ0n) is 9.64. The molecule has 5 heteroatoms. The Hall–Kier alpha value is -1.22. The molecule has 0 amide bonds. The molecule has 0 aliphatic rings. The summed E-state index contributed by atoms with van der Waals surface area (Å²) in [5, 5.41) is 3.63. The minimum absolute atomic E-state index is 0.212. The van der Waals surface area contributed by atoms with Crippen LogP contribution in [0.4, 0.5) is 0 Å². The smallest absolute Gasteiger partial charge is 0.306 e. The highest BCUT2D eigenvalue weighted by Gasteiger charge is 2.20. The highest BCUT2D eigenvalue weighted by atomic mass is 16.5. The predicted molar refractivity (Wildman–Crippen MR) is 58.3 cm³/mol. The van der Waals surface area contributed by atoms with E-state index in [1.54, 1.807) is 0 Å². The van der Waals surface area contributed by atoms with Crippen molar-refractivity contribution < 1.29 is 9.53 Å². The number of azide groups is 1. The van der Waals surface area contributed by atoms with Crippen molar-refractivity contribution in [2.24, 2.45) is 5.11 Å². The topological polar surface area (TPSA) is 75.1 Å². The molecule has 0 aliphatic heterocycles. The van der Waals surface area contributed by atoms with Gasteiger partial charge in [0, 0.05) is 11.3 Å². The Morgan fingerprint density at radius 3 is 2.47 bits per heavy atom. The van der Waals surface area contributed by atoms with Crippen LogP contribution in [-0.4, -0.2) is 18.1 Å². The van der Waals surface area contributed by atoms with Gasteiger partial charge >= 0.3 is 5.97 Å². The maximum absolute atomic E-state index is 11.3. The Morgan fingerprint density at radius 2 is 2.07 bits per heavy atom. The lowest BCUT2D eigenvalue weighted by Gasteiger charge is -2.21. The SMILES string of the molecule is CCCC(=O)O[C@@H](CC)[C@H](CC)N=[N+]=[N-]. The maximum Gasteiger partial charge on any atom is 0.306 e. The van der Waals surface area contributed by atoms with Crippen molar-refractivity contribution in [1.29, 1.82) is 0 Å². The molecule has 0 unspecified atom stereocenters. The summed E-state index contributed by atoms with van der Waals surface area (Å²) in [5.41, 5.74) is 8.37. The normalized spacial score (nSPS) is 13.8. The molecule has 5 nitrogen and oxygen atoms in total. The molecule has 0 aromatic rings. The summed E-state index contributed by atoms with van der Waals surface area (Å²) in [6.07, 6.45) is 2.26. The van der Waals surface area contributed by atoms with E-state index in [0.29, 0.717) is 19.3 Å². The van der Waals surface area contributed by atoms with E-state index in [1.165, 1.54) is 0 Å². The van der Waals surface area contributed by atoms with Gasteiger partial charge in [-0.3, -0.25) is 4.79 Å². The lowest BCUT2D eigenvalue weighted by molar-refractivity contribution is -0.150. The van der Waals surface area contributed by atoms with Crippen molar-refractivity contribution in [3.63, 3.8) is 0 Å². The van der Waals surface area contributed by atoms with Gasteiger partial charge in [0.05, 0.1) is 6.04 Å². The average Bonchev–Trinajstić information content (AvgIpc) is 2.23. The van der Waals surface area contributed by atoms with Gasteiger partial charge < -0.3 is 4.74 Å². The van der Waals surface area contributed by atoms with Gasteiger partial charge in [-0.1, -0.05) is 25.9 Å². The fourth-order valence-corrected chi connectivity index (χ4v) is 1.35. The van der Waals surface area contributed by atoms with Gasteiger partial charge in [0.2, 0.25) is 0 Å². The molecule has 86 valence electrons. The van der Waals surface area contributed by atoms with Crippen LogP contribution in [0.3, 0.4) is 0 Å². The van der Waals surface area contributed by atoms with Crippen LogP contribution in [0.2, 0.25) is 0 Å². The van der Waals surface area contributed by atoms with Gasteiger partial charge in [-0.15, -0.1) is 0 Å². The summed E-state index contributed by atoms with van der Waals surface area (Å²) in [7, 11) is 0. The van der Waals surface area contributed by atoms with Crippen LogP contribution >= 0.6 is 0 Å². The van der Waals surface area contributed by atoms with E-state index >= 15 is 0 Å². The van der Waals surface area contributed by atoms with E-state index < -0.39 is 0 Å². The second-order valence-corrected chi connectivity index (χ2v) is 3.37. The summed E-state index contributed by atoms with van der Waals surface area (Å²) < 4.78 is 5.24. The molecular formula is C10H19N3O2. The van der Waals surface area contributed by atoms with Gasteiger partial charge in [-0.25, -0.2) is 0 Å². The van der Waals surface area contributed by atoms with Crippen molar-refractivity contribution in [2.45, 2.75) is 58.6 Å². The third-order valence-corrected chi connectivity index (χ3v) is 2.19. The van der Waals surface area contributed by atoms with Crippen molar-refractivity contribution in [2.75, 3.05) is 0 Å². The summed E-state index contributed by atoms with van der Waals surface area (Å²) in [4.78, 5) is 14.0. The second kappa shape index (κ2) is 8.12. The lowest BCUT2D eigenvalue weighted by Crippen LogP contribution is -2.28. The van der Waals surface area contributed by atoms with Crippen LogP contribution in [0.5, 0.6) is 0 Å². The van der Waals surface area contributed by atoms with Crippen LogP contribution in [0.25, 0.3) is 10.4 Å². The van der Waals surface area contributed by atoms with Gasteiger partial charge in [0.15, 0.2) is 0 Å². The van der Waals surface area contributed by atoms with Crippen molar-refractivity contribution in [3.8, 4) is 0 Å². The molecule has 0 rings (SSSR count). The molecule has 0 radical (unpaired) electrons. The molecule has 0 aromatic carbocycles. The van der Waals surface area contributed by atoms with Crippen LogP contribution in [0.15, 0.2) is 5.11 Å². The summed E-state index contributed by atoms with van der Waals surface area (Å²) >= 11 is 0. The van der Waals surface area contributed by atoms with Gasteiger partial charge in [-0.2, -0.15) is 0 Å². The average molecular weight is 213 g/mol. The number of rotatable bonds is 7. The summed E-state index contributed by atoms with van der Waals surface area (Å²) in [6, 6.07) is -0.249. The first-order chi connectivity index (χ1) is 7.19. The number of carbonyl (C=O) groups is 1. The quantitative estimate of drug-likeness (QED) is 0.282. The highest BCUT2D eigenvalue weighted by Crippen LogP contribution is 2.13. The number of esters is 1. The standard InChI is InChI=1S/C10H19N3O2/c1-4-7-10(14)15-9(6-3)8(5-2)12-13-11/h8-9H,4-7H2,1-3H3/t8-,9-/m0/s1. The molecular weight excluding hydrogens is 194 g/mol. The third kappa shape index (κ3) is 5.27. The van der Waals surface area contributed by atoms with Crippen LogP contribution in [-0.2, 0) is 9.53 Å². The minimum Gasteiger partial charge on any atom is -0.462 e. The van der Waals surface area contributed by atoms with Crippen LogP contribution < -0.4 is 0 Å². The Bertz CT molecular complexity index is 237. The molecule has 0 heterocycles. The molecule has 2 atom stereocenters. The van der Waals surface area contributed by atoms with Crippen LogP contribution in [0, 0.1) is 0 Å². The molecule has 0 aliphatic carbocycles.